The van der Waals surface area contributed by atoms with Crippen molar-refractivity contribution in [2.24, 2.45) is 0 Å². The van der Waals surface area contributed by atoms with E-state index in [4.69, 9.17) is 9.15 Å². The quantitative estimate of drug-likeness (QED) is 0.219. The summed E-state index contributed by atoms with van der Waals surface area (Å²) >= 11 is 0. The second kappa shape index (κ2) is 7.13. The number of fused-ring (bicyclic) bond motifs is 12. The molecule has 0 unspecified atom stereocenters. The van der Waals surface area contributed by atoms with Crippen LogP contribution in [0.5, 0.6) is 11.5 Å². The molecule has 0 amide bonds. The molecule has 0 saturated heterocycles. The van der Waals surface area contributed by atoms with Gasteiger partial charge in [-0.3, -0.25) is 0 Å². The van der Waals surface area contributed by atoms with E-state index < -0.39 is 0 Å². The highest BCUT2D eigenvalue weighted by Crippen LogP contribution is 2.50. The van der Waals surface area contributed by atoms with Gasteiger partial charge in [0, 0.05) is 38.4 Å². The van der Waals surface area contributed by atoms with Crippen molar-refractivity contribution in [2.75, 3.05) is 0 Å². The van der Waals surface area contributed by atoms with Crippen LogP contribution in [0.2, 0.25) is 0 Å². The van der Waals surface area contributed by atoms with Crippen molar-refractivity contribution < 1.29 is 9.15 Å². The van der Waals surface area contributed by atoms with Crippen molar-refractivity contribution in [1.29, 1.82) is 0 Å². The van der Waals surface area contributed by atoms with Gasteiger partial charge in [0.2, 0.25) is 0 Å². The summed E-state index contributed by atoms with van der Waals surface area (Å²) in [5.74, 6) is 1.72. The molecule has 0 saturated carbocycles. The van der Waals surface area contributed by atoms with Gasteiger partial charge >= 0.3 is 0 Å². The zero-order chi connectivity index (χ0) is 25.9. The number of para-hydroxylation sites is 6. The number of nitrogens with zero attached hydrogens (tertiary/aromatic N) is 2. The lowest BCUT2D eigenvalue weighted by atomic mass is 10.0. The predicted molar refractivity (Wildman–Crippen MR) is 162 cm³/mol. The van der Waals surface area contributed by atoms with E-state index in [1.165, 1.54) is 27.1 Å². The van der Waals surface area contributed by atoms with Crippen molar-refractivity contribution >= 4 is 65.6 Å². The highest BCUT2D eigenvalue weighted by molar-refractivity contribution is 6.30. The maximum Gasteiger partial charge on any atom is 0.159 e. The fourth-order valence-electron chi connectivity index (χ4n) is 6.92. The van der Waals surface area contributed by atoms with Crippen LogP contribution in [0.15, 0.2) is 126 Å². The fourth-order valence-corrected chi connectivity index (χ4v) is 6.92. The summed E-state index contributed by atoms with van der Waals surface area (Å²) in [6.45, 7) is 0. The van der Waals surface area contributed by atoms with Gasteiger partial charge in [-0.2, -0.15) is 0 Å². The van der Waals surface area contributed by atoms with Crippen LogP contribution in [-0.2, 0) is 0 Å². The van der Waals surface area contributed by atoms with Crippen LogP contribution < -0.4 is 4.74 Å². The maximum absolute atomic E-state index is 6.65. The van der Waals surface area contributed by atoms with Crippen LogP contribution in [0.3, 0.4) is 0 Å². The highest BCUT2D eigenvalue weighted by atomic mass is 16.5. The van der Waals surface area contributed by atoms with E-state index in [0.717, 1.165) is 61.4 Å². The number of aromatic nitrogens is 2. The zero-order valence-corrected chi connectivity index (χ0v) is 21.3. The third-order valence-electron chi connectivity index (χ3n) is 8.49. The van der Waals surface area contributed by atoms with Crippen LogP contribution in [0.4, 0.5) is 0 Å². The Labute approximate surface area is 227 Å². The van der Waals surface area contributed by atoms with Crippen LogP contribution in [0.25, 0.3) is 76.9 Å². The first kappa shape index (κ1) is 20.5. The lowest BCUT2D eigenvalue weighted by Crippen LogP contribution is -2.04. The molecule has 10 rings (SSSR count). The molecule has 0 aliphatic carbocycles. The largest absolute Gasteiger partial charge is 0.454 e. The van der Waals surface area contributed by atoms with Crippen LogP contribution in [0, 0.1) is 0 Å². The molecule has 6 aromatic carbocycles. The van der Waals surface area contributed by atoms with Crippen LogP contribution in [-0.4, -0.2) is 9.13 Å². The molecule has 186 valence electrons. The Morgan fingerprint density at radius 3 is 1.98 bits per heavy atom. The molecule has 0 atom stereocenters. The van der Waals surface area contributed by atoms with Crippen molar-refractivity contribution in [1.82, 2.24) is 9.13 Å². The van der Waals surface area contributed by atoms with Gasteiger partial charge < -0.3 is 18.3 Å². The summed E-state index contributed by atoms with van der Waals surface area (Å²) in [5, 5.41) is 7.10. The van der Waals surface area contributed by atoms with Gasteiger partial charge in [-0.05, 0) is 36.4 Å². The second-order valence-corrected chi connectivity index (χ2v) is 10.5. The number of rotatable bonds is 1. The average molecular weight is 513 g/mol. The number of hydrogen-bond acceptors (Lipinski definition) is 2. The van der Waals surface area contributed by atoms with Crippen molar-refractivity contribution in [2.45, 2.75) is 0 Å². The molecule has 4 heteroatoms. The molecular formula is C36H20N2O2. The van der Waals surface area contributed by atoms with E-state index in [-0.39, 0.29) is 0 Å². The SMILES string of the molecule is c1ccc2c(c1)Oc1cc3c(c4ccccc4n3-c3cccc4c3oc3ccccc34)c3c4ccccc4n-2c13. The minimum atomic E-state index is 0.859. The van der Waals surface area contributed by atoms with E-state index in [0.29, 0.717) is 0 Å². The molecule has 0 N–H and O–H groups in total. The van der Waals surface area contributed by atoms with E-state index >= 15 is 0 Å². The average Bonchev–Trinajstić information content (AvgIpc) is 3.66. The molecule has 9 aromatic rings. The molecule has 1 aliphatic rings. The number of benzene rings is 6. The summed E-state index contributed by atoms with van der Waals surface area (Å²) in [7, 11) is 0. The molecule has 0 spiro atoms. The maximum atomic E-state index is 6.65. The highest BCUT2D eigenvalue weighted by Gasteiger charge is 2.28. The van der Waals surface area contributed by atoms with Gasteiger partial charge in [0.25, 0.3) is 0 Å². The second-order valence-electron chi connectivity index (χ2n) is 10.5. The summed E-state index contributed by atoms with van der Waals surface area (Å²) < 4.78 is 17.9. The summed E-state index contributed by atoms with van der Waals surface area (Å²) in [5.41, 5.74) is 8.38. The Morgan fingerprint density at radius 1 is 0.450 bits per heavy atom. The Kier molecular flexibility index (Phi) is 3.65. The molecule has 4 nitrogen and oxygen atoms in total. The molecule has 0 bridgehead atoms. The molecule has 0 fully saturated rings. The van der Waals surface area contributed by atoms with E-state index in [1.807, 2.05) is 24.3 Å². The van der Waals surface area contributed by atoms with Crippen LogP contribution in [0.1, 0.15) is 0 Å². The van der Waals surface area contributed by atoms with Gasteiger partial charge in [0.05, 0.1) is 33.4 Å². The first-order chi connectivity index (χ1) is 19.9. The van der Waals surface area contributed by atoms with Crippen molar-refractivity contribution in [3.8, 4) is 22.9 Å². The van der Waals surface area contributed by atoms with Gasteiger partial charge in [-0.25, -0.2) is 0 Å². The molecule has 4 heterocycles. The minimum Gasteiger partial charge on any atom is -0.454 e. The number of hydrogen-bond donors (Lipinski definition) is 0. The third kappa shape index (κ3) is 2.38. The Balaban J connectivity index is 1.46. The topological polar surface area (TPSA) is 32.2 Å². The number of furan rings is 1. The number of ether oxygens (including phenoxy) is 1. The summed E-state index contributed by atoms with van der Waals surface area (Å²) in [6, 6.07) is 42.6. The molecule has 1 aliphatic heterocycles. The van der Waals surface area contributed by atoms with E-state index in [2.05, 4.69) is 106 Å². The smallest absolute Gasteiger partial charge is 0.159 e. The normalized spacial score (nSPS) is 12.7. The Hall–Kier alpha value is -5.48. The first-order valence-corrected chi connectivity index (χ1v) is 13.5. The standard InChI is InChI=1S/C36H20N2O2/c1-4-14-25-23(11-1)33-29(37(25)28-17-9-13-22-21-10-3-7-18-30(21)40-36(22)28)20-32-35-34(33)24-12-2-5-15-26(24)38(35)27-16-6-8-19-31(27)39-32/h1-20H. The third-order valence-corrected chi connectivity index (χ3v) is 8.49. The molecule has 40 heavy (non-hydrogen) atoms. The molecular weight excluding hydrogens is 492 g/mol. The van der Waals surface area contributed by atoms with Gasteiger partial charge in [-0.15, -0.1) is 0 Å². The minimum absolute atomic E-state index is 0.859. The zero-order valence-electron chi connectivity index (χ0n) is 21.3. The van der Waals surface area contributed by atoms with Crippen molar-refractivity contribution in [3.63, 3.8) is 0 Å². The monoisotopic (exact) mass is 512 g/mol. The van der Waals surface area contributed by atoms with Crippen molar-refractivity contribution in [3.05, 3.63) is 121 Å². The predicted octanol–water partition coefficient (Wildman–Crippen LogP) is 9.89. The van der Waals surface area contributed by atoms with E-state index in [9.17, 15) is 0 Å². The Morgan fingerprint density at radius 2 is 1.10 bits per heavy atom. The van der Waals surface area contributed by atoms with Gasteiger partial charge in [0.15, 0.2) is 17.1 Å². The Bertz CT molecular complexity index is 2520. The molecule has 0 radical (unpaired) electrons. The summed E-state index contributed by atoms with van der Waals surface area (Å²) in [6.07, 6.45) is 0. The molecule has 3 aromatic heterocycles. The van der Waals surface area contributed by atoms with Gasteiger partial charge in [-0.1, -0.05) is 78.9 Å². The summed E-state index contributed by atoms with van der Waals surface area (Å²) in [4.78, 5) is 0. The lowest BCUT2D eigenvalue weighted by Gasteiger charge is -2.21. The van der Waals surface area contributed by atoms with E-state index in [1.54, 1.807) is 0 Å². The first-order valence-electron chi connectivity index (χ1n) is 13.5. The van der Waals surface area contributed by atoms with Gasteiger partial charge in [0.1, 0.15) is 5.58 Å². The lowest BCUT2D eigenvalue weighted by molar-refractivity contribution is 0.477. The fraction of sp³-hybridized carbons (Fsp3) is 0. The van der Waals surface area contributed by atoms with Crippen LogP contribution >= 0.6 is 0 Å².